The standard InChI is InChI=1S/C20H14F3N5O/c1-12-17(19(29)25-16-10-6-5-9-15(16)20(21,22)23)26-27-18-14(11-24-28(12)18)13-7-3-2-4-8-13/h2-11H,1H3,(H,25,29). The number of rotatable bonds is 3. The van der Waals surface area contributed by atoms with E-state index in [1.165, 1.54) is 22.7 Å². The maximum atomic E-state index is 13.2. The zero-order chi connectivity index (χ0) is 20.6. The van der Waals surface area contributed by atoms with Gasteiger partial charge in [0, 0.05) is 5.56 Å². The fraction of sp³-hybridized carbons (Fsp3) is 0.100. The van der Waals surface area contributed by atoms with Gasteiger partial charge in [-0.3, -0.25) is 4.79 Å². The van der Waals surface area contributed by atoms with Gasteiger partial charge in [-0.25, -0.2) is 4.52 Å². The molecule has 0 saturated heterocycles. The highest BCUT2D eigenvalue weighted by atomic mass is 19.4. The van der Waals surface area contributed by atoms with Gasteiger partial charge in [-0.05, 0) is 24.6 Å². The van der Waals surface area contributed by atoms with Gasteiger partial charge in [0.15, 0.2) is 11.3 Å². The van der Waals surface area contributed by atoms with E-state index in [0.29, 0.717) is 11.3 Å². The van der Waals surface area contributed by atoms with Crippen LogP contribution in [0.3, 0.4) is 0 Å². The first kappa shape index (κ1) is 18.6. The highest BCUT2D eigenvalue weighted by molar-refractivity contribution is 6.04. The summed E-state index contributed by atoms with van der Waals surface area (Å²) in [5.74, 6) is -0.801. The normalized spacial score (nSPS) is 11.6. The van der Waals surface area contributed by atoms with Gasteiger partial charge >= 0.3 is 6.18 Å². The molecule has 6 nitrogen and oxygen atoms in total. The summed E-state index contributed by atoms with van der Waals surface area (Å²) in [7, 11) is 0. The van der Waals surface area contributed by atoms with Crippen molar-refractivity contribution in [1.82, 2.24) is 19.8 Å². The molecule has 0 bridgehead atoms. The topological polar surface area (TPSA) is 72.2 Å². The third-order valence-corrected chi connectivity index (χ3v) is 4.43. The summed E-state index contributed by atoms with van der Waals surface area (Å²) in [6.45, 7) is 1.61. The van der Waals surface area contributed by atoms with Gasteiger partial charge in [-0.2, -0.15) is 18.3 Å². The first-order valence-electron chi connectivity index (χ1n) is 8.60. The fourth-order valence-electron chi connectivity index (χ4n) is 3.01. The molecule has 1 N–H and O–H groups in total. The van der Waals surface area contributed by atoms with E-state index in [1.807, 2.05) is 30.3 Å². The molecule has 0 unspecified atom stereocenters. The molecule has 4 rings (SSSR count). The lowest BCUT2D eigenvalue weighted by Crippen LogP contribution is -2.20. The number of amides is 1. The molecule has 146 valence electrons. The maximum Gasteiger partial charge on any atom is 0.418 e. The number of alkyl halides is 3. The number of nitrogens with zero attached hydrogens (tertiary/aromatic N) is 4. The Bertz CT molecular complexity index is 1200. The zero-order valence-corrected chi connectivity index (χ0v) is 15.1. The van der Waals surface area contributed by atoms with Gasteiger partial charge < -0.3 is 5.32 Å². The van der Waals surface area contributed by atoms with Gasteiger partial charge in [0.2, 0.25) is 0 Å². The zero-order valence-electron chi connectivity index (χ0n) is 15.1. The third-order valence-electron chi connectivity index (χ3n) is 4.43. The van der Waals surface area contributed by atoms with Crippen molar-refractivity contribution >= 4 is 17.2 Å². The molecule has 0 fully saturated rings. The molecule has 9 heteroatoms. The summed E-state index contributed by atoms with van der Waals surface area (Å²) in [5.41, 5.74) is 1.02. The van der Waals surface area contributed by atoms with E-state index in [-0.39, 0.29) is 11.4 Å². The second-order valence-electron chi connectivity index (χ2n) is 6.29. The van der Waals surface area contributed by atoms with Crippen molar-refractivity contribution in [2.45, 2.75) is 13.1 Å². The number of hydrogen-bond donors (Lipinski definition) is 1. The Kier molecular flexibility index (Phi) is 4.50. The minimum atomic E-state index is -4.60. The predicted molar refractivity (Wildman–Crippen MR) is 100 cm³/mol. The van der Waals surface area contributed by atoms with Gasteiger partial charge in [0.25, 0.3) is 5.91 Å². The van der Waals surface area contributed by atoms with Gasteiger partial charge in [-0.15, -0.1) is 10.2 Å². The lowest BCUT2D eigenvalue weighted by molar-refractivity contribution is -0.136. The molecule has 0 radical (unpaired) electrons. The Morgan fingerprint density at radius 3 is 2.41 bits per heavy atom. The summed E-state index contributed by atoms with van der Waals surface area (Å²) in [6.07, 6.45) is -2.99. The number of anilines is 1. The Balaban J connectivity index is 1.71. The van der Waals surface area contributed by atoms with Crippen LogP contribution >= 0.6 is 0 Å². The molecule has 0 aliphatic heterocycles. The molecule has 4 aromatic rings. The van der Waals surface area contributed by atoms with Crippen LogP contribution in [0.2, 0.25) is 0 Å². The molecule has 1 amide bonds. The molecule has 0 saturated carbocycles. The van der Waals surface area contributed by atoms with E-state index in [0.717, 1.165) is 17.2 Å². The summed E-state index contributed by atoms with van der Waals surface area (Å²) >= 11 is 0. The Hall–Kier alpha value is -3.75. The fourth-order valence-corrected chi connectivity index (χ4v) is 3.01. The molecule has 0 spiro atoms. The van der Waals surface area contributed by atoms with E-state index in [4.69, 9.17) is 0 Å². The highest BCUT2D eigenvalue weighted by Gasteiger charge is 2.34. The third kappa shape index (κ3) is 3.42. The number of carbonyl (C=O) groups excluding carboxylic acids is 1. The number of fused-ring (bicyclic) bond motifs is 1. The Morgan fingerprint density at radius 1 is 1.00 bits per heavy atom. The van der Waals surface area contributed by atoms with Crippen LogP contribution < -0.4 is 5.32 Å². The van der Waals surface area contributed by atoms with Crippen molar-refractivity contribution in [1.29, 1.82) is 0 Å². The minimum Gasteiger partial charge on any atom is -0.320 e. The predicted octanol–water partition coefficient (Wildman–Crippen LogP) is 4.37. The molecule has 0 aliphatic rings. The lowest BCUT2D eigenvalue weighted by atomic mass is 10.1. The van der Waals surface area contributed by atoms with Crippen molar-refractivity contribution in [3.63, 3.8) is 0 Å². The average Bonchev–Trinajstić information content (AvgIpc) is 3.13. The smallest absolute Gasteiger partial charge is 0.320 e. The summed E-state index contributed by atoms with van der Waals surface area (Å²) in [6, 6.07) is 14.2. The van der Waals surface area contributed by atoms with Gasteiger partial charge in [-0.1, -0.05) is 42.5 Å². The van der Waals surface area contributed by atoms with E-state index in [1.54, 1.807) is 13.1 Å². The van der Waals surface area contributed by atoms with E-state index in [9.17, 15) is 18.0 Å². The number of aromatic nitrogens is 4. The summed E-state index contributed by atoms with van der Waals surface area (Å²) < 4.78 is 40.9. The largest absolute Gasteiger partial charge is 0.418 e. The lowest BCUT2D eigenvalue weighted by Gasteiger charge is -2.13. The van der Waals surface area contributed by atoms with E-state index in [2.05, 4.69) is 20.6 Å². The van der Waals surface area contributed by atoms with Crippen LogP contribution in [-0.2, 0) is 6.18 Å². The van der Waals surface area contributed by atoms with E-state index < -0.39 is 17.6 Å². The van der Waals surface area contributed by atoms with Crippen LogP contribution in [0.15, 0.2) is 60.8 Å². The number of para-hydroxylation sites is 1. The number of benzene rings is 2. The van der Waals surface area contributed by atoms with Crippen LogP contribution in [0.4, 0.5) is 18.9 Å². The number of hydrogen-bond acceptors (Lipinski definition) is 4. The number of halogens is 3. The molecule has 2 aromatic heterocycles. The SMILES string of the molecule is Cc1c(C(=O)Nc2ccccc2C(F)(F)F)nnc2c(-c3ccccc3)cnn12. The van der Waals surface area contributed by atoms with Crippen LogP contribution in [0.5, 0.6) is 0 Å². The average molecular weight is 397 g/mol. The molecule has 29 heavy (non-hydrogen) atoms. The molecule has 2 heterocycles. The molecular formula is C20H14F3N5O. The second kappa shape index (κ2) is 7.01. The van der Waals surface area contributed by atoms with E-state index >= 15 is 0 Å². The highest BCUT2D eigenvalue weighted by Crippen LogP contribution is 2.34. The number of carbonyl (C=O) groups is 1. The molecule has 0 atom stereocenters. The monoisotopic (exact) mass is 397 g/mol. The second-order valence-corrected chi connectivity index (χ2v) is 6.29. The first-order valence-corrected chi connectivity index (χ1v) is 8.60. The van der Waals surface area contributed by atoms with Crippen molar-refractivity contribution in [2.75, 3.05) is 5.32 Å². The Labute approximate surface area is 163 Å². The summed E-state index contributed by atoms with van der Waals surface area (Å²) in [4.78, 5) is 12.6. The number of nitrogens with one attached hydrogen (secondary N) is 1. The van der Waals surface area contributed by atoms with Crippen LogP contribution in [0.1, 0.15) is 21.7 Å². The Morgan fingerprint density at radius 2 is 1.69 bits per heavy atom. The van der Waals surface area contributed by atoms with Gasteiger partial charge in [0.05, 0.1) is 23.1 Å². The minimum absolute atomic E-state index is 0.114. The van der Waals surface area contributed by atoms with Crippen molar-refractivity contribution in [3.05, 3.63) is 77.7 Å². The van der Waals surface area contributed by atoms with Crippen molar-refractivity contribution < 1.29 is 18.0 Å². The number of aryl methyl sites for hydroxylation is 1. The van der Waals surface area contributed by atoms with Crippen LogP contribution in [0.25, 0.3) is 16.8 Å². The quantitative estimate of drug-likeness (QED) is 0.557. The molecule has 0 aliphatic carbocycles. The van der Waals surface area contributed by atoms with Gasteiger partial charge in [0.1, 0.15) is 0 Å². The van der Waals surface area contributed by atoms with Crippen molar-refractivity contribution in [3.8, 4) is 11.1 Å². The molecule has 2 aromatic carbocycles. The van der Waals surface area contributed by atoms with Crippen LogP contribution in [-0.4, -0.2) is 25.7 Å². The van der Waals surface area contributed by atoms with Crippen molar-refractivity contribution in [2.24, 2.45) is 0 Å². The van der Waals surface area contributed by atoms with Crippen LogP contribution in [0, 0.1) is 6.92 Å². The summed E-state index contributed by atoms with van der Waals surface area (Å²) in [5, 5.41) is 14.6. The maximum absolute atomic E-state index is 13.2. The molecular weight excluding hydrogens is 383 g/mol. The first-order chi connectivity index (χ1) is 13.9.